The Hall–Kier alpha value is -1.02. The number of hydrogen-bond acceptors (Lipinski definition) is 2. The molecule has 0 amide bonds. The fourth-order valence-corrected chi connectivity index (χ4v) is 2.02. The molecule has 0 aliphatic carbocycles. The van der Waals surface area contributed by atoms with E-state index in [9.17, 15) is 4.79 Å². The molecule has 0 aliphatic rings. The molecule has 22 heavy (non-hydrogen) atoms. The molecule has 1 atom stereocenters. The van der Waals surface area contributed by atoms with Gasteiger partial charge in [-0.3, -0.25) is 4.79 Å². The number of esters is 1. The second-order valence-electron chi connectivity index (χ2n) is 4.36. The number of carbonyl (C=O) groups is 1. The van der Waals surface area contributed by atoms with Crippen molar-refractivity contribution in [2.75, 3.05) is 13.3 Å². The third-order valence-electron chi connectivity index (χ3n) is 2.53. The first-order valence-electron chi connectivity index (χ1n) is 6.56. The molecule has 2 radical (unpaired) electrons. The summed E-state index contributed by atoms with van der Waals surface area (Å²) in [5.74, 6) is -1.36. The summed E-state index contributed by atoms with van der Waals surface area (Å²) < 4.78 is 5.16. The van der Waals surface area contributed by atoms with E-state index in [-0.39, 0.29) is 15.8 Å². The van der Waals surface area contributed by atoms with E-state index >= 15 is 0 Å². The van der Waals surface area contributed by atoms with Crippen LogP contribution in [0.3, 0.4) is 0 Å². The summed E-state index contributed by atoms with van der Waals surface area (Å²) >= 11 is 11.8. The highest BCUT2D eigenvalue weighted by Crippen LogP contribution is 2.33. The highest BCUT2D eigenvalue weighted by atomic mass is 35.5. The molecule has 0 saturated heterocycles. The maximum Gasteiger partial charge on any atom is 0.309 e. The van der Waals surface area contributed by atoms with Crippen LogP contribution >= 0.6 is 31.8 Å². The van der Waals surface area contributed by atoms with Crippen molar-refractivity contribution < 1.29 is 9.53 Å². The maximum atomic E-state index is 12.0. The van der Waals surface area contributed by atoms with Gasteiger partial charge in [-0.1, -0.05) is 59.6 Å². The lowest BCUT2D eigenvalue weighted by Crippen LogP contribution is -2.19. The summed E-state index contributed by atoms with van der Waals surface area (Å²) in [5.41, 5.74) is 0.663. The molecule has 1 unspecified atom stereocenters. The first kappa shape index (κ1) is 19.0. The van der Waals surface area contributed by atoms with Crippen LogP contribution in [0.5, 0.6) is 5.75 Å². The van der Waals surface area contributed by atoms with Crippen LogP contribution in [-0.2, 0) is 4.79 Å². The maximum absolute atomic E-state index is 12.0. The fraction of sp³-hybridized carbons (Fsp3) is 0.188. The largest absolute Gasteiger partial charge is 0.423 e. The van der Waals surface area contributed by atoms with E-state index in [1.165, 1.54) is 0 Å². The third kappa shape index (κ3) is 5.64. The van der Waals surface area contributed by atoms with Gasteiger partial charge in [0.05, 0.1) is 17.9 Å². The Bertz CT molecular complexity index is 588. The van der Waals surface area contributed by atoms with Crippen molar-refractivity contribution in [1.82, 2.24) is 0 Å². The van der Waals surface area contributed by atoms with Gasteiger partial charge in [-0.05, 0) is 31.0 Å². The van der Waals surface area contributed by atoms with E-state index < -0.39 is 11.8 Å². The normalized spacial score (nSPS) is 11.1. The molecule has 0 heterocycles. The summed E-state index contributed by atoms with van der Waals surface area (Å²) in [7, 11) is 6.91. The van der Waals surface area contributed by atoms with Gasteiger partial charge in [-0.15, -0.1) is 8.58 Å². The molecule has 6 heteroatoms. The average Bonchev–Trinajstić information content (AvgIpc) is 2.52. The minimum Gasteiger partial charge on any atom is -0.423 e. The first-order valence-corrected chi connectivity index (χ1v) is 9.31. The van der Waals surface area contributed by atoms with Crippen molar-refractivity contribution in [3.8, 4) is 5.75 Å². The van der Waals surface area contributed by atoms with Crippen molar-refractivity contribution in [2.45, 2.75) is 5.82 Å². The standard InChI is InChI=1S/C14H9BCl2O2.C2H7P/c15-12(9-5-2-1-3-6-9)14(18)19-13-10(16)7-4-8-11(13)17;1-3-2/h1-8,12H;3H,1-2H3. The lowest BCUT2D eigenvalue weighted by molar-refractivity contribution is -0.134. The van der Waals surface area contributed by atoms with Gasteiger partial charge in [-0.25, -0.2) is 0 Å². The van der Waals surface area contributed by atoms with Gasteiger partial charge in [0.15, 0.2) is 5.75 Å². The van der Waals surface area contributed by atoms with Crippen LogP contribution in [0.2, 0.25) is 10.0 Å². The van der Waals surface area contributed by atoms with E-state index in [1.807, 2.05) is 6.07 Å². The van der Waals surface area contributed by atoms with Crippen LogP contribution in [0.1, 0.15) is 11.4 Å². The van der Waals surface area contributed by atoms with Crippen molar-refractivity contribution in [3.05, 3.63) is 64.1 Å². The minimum atomic E-state index is -0.881. The third-order valence-corrected chi connectivity index (χ3v) is 3.13. The SMILES string of the molecule is CPC.[B]C(C(=O)Oc1c(Cl)cccc1Cl)c1ccccc1. The molecule has 114 valence electrons. The van der Waals surface area contributed by atoms with Gasteiger partial charge in [0.25, 0.3) is 0 Å². The molecule has 0 fully saturated rings. The number of hydrogen-bond donors (Lipinski definition) is 0. The van der Waals surface area contributed by atoms with E-state index in [0.29, 0.717) is 5.56 Å². The summed E-state index contributed by atoms with van der Waals surface area (Å²) in [5, 5.41) is 0.530. The van der Waals surface area contributed by atoms with Gasteiger partial charge >= 0.3 is 5.97 Å². The number of carbonyl (C=O) groups excluding carboxylic acids is 1. The Morgan fingerprint density at radius 3 is 2.05 bits per heavy atom. The molecule has 2 aromatic rings. The number of ether oxygens (including phenoxy) is 1. The van der Waals surface area contributed by atoms with Crippen LogP contribution in [0, 0.1) is 0 Å². The Morgan fingerprint density at radius 2 is 1.55 bits per heavy atom. The molecule has 2 nitrogen and oxygen atoms in total. The molecule has 0 saturated carbocycles. The topological polar surface area (TPSA) is 26.3 Å². The van der Waals surface area contributed by atoms with E-state index in [4.69, 9.17) is 35.8 Å². The van der Waals surface area contributed by atoms with Crippen LogP contribution in [0.15, 0.2) is 48.5 Å². The summed E-state index contributed by atoms with van der Waals surface area (Å²) in [6.45, 7) is 4.31. The quantitative estimate of drug-likeness (QED) is 0.345. The molecule has 0 aliphatic heterocycles. The summed E-state index contributed by atoms with van der Waals surface area (Å²) in [4.78, 5) is 12.0. The van der Waals surface area contributed by atoms with Gasteiger partial charge in [0.2, 0.25) is 0 Å². The zero-order valence-corrected chi connectivity index (χ0v) is 14.9. The summed E-state index contributed by atoms with van der Waals surface area (Å²) in [6.07, 6.45) is 0. The Morgan fingerprint density at radius 1 is 1.05 bits per heavy atom. The molecule has 0 aromatic heterocycles. The Labute approximate surface area is 144 Å². The van der Waals surface area contributed by atoms with E-state index in [2.05, 4.69) is 13.3 Å². The molecular weight excluding hydrogens is 337 g/mol. The second kappa shape index (κ2) is 9.89. The Kier molecular flexibility index (Phi) is 8.56. The van der Waals surface area contributed by atoms with Crippen LogP contribution in [0.4, 0.5) is 0 Å². The lowest BCUT2D eigenvalue weighted by atomic mass is 9.81. The van der Waals surface area contributed by atoms with Gasteiger partial charge < -0.3 is 4.74 Å². The van der Waals surface area contributed by atoms with Gasteiger partial charge in [0, 0.05) is 5.82 Å². The molecule has 0 bridgehead atoms. The molecule has 2 rings (SSSR count). The van der Waals surface area contributed by atoms with Crippen LogP contribution < -0.4 is 4.74 Å². The molecule has 0 N–H and O–H groups in total. The highest BCUT2D eigenvalue weighted by molar-refractivity contribution is 7.35. The second-order valence-corrected chi connectivity index (χ2v) is 6.17. The average molecular weight is 353 g/mol. The van der Waals surface area contributed by atoms with Crippen molar-refractivity contribution in [1.29, 1.82) is 0 Å². The van der Waals surface area contributed by atoms with Crippen molar-refractivity contribution in [2.24, 2.45) is 0 Å². The monoisotopic (exact) mass is 352 g/mol. The van der Waals surface area contributed by atoms with Crippen molar-refractivity contribution >= 4 is 45.6 Å². The lowest BCUT2D eigenvalue weighted by Gasteiger charge is -2.13. The minimum absolute atomic E-state index is 0.127. The van der Waals surface area contributed by atoms with E-state index in [0.717, 1.165) is 8.58 Å². The Balaban J connectivity index is 0.000000745. The highest BCUT2D eigenvalue weighted by Gasteiger charge is 2.19. The summed E-state index contributed by atoms with van der Waals surface area (Å²) in [6, 6.07) is 13.8. The number of halogens is 2. The zero-order chi connectivity index (χ0) is 16.5. The first-order chi connectivity index (χ1) is 10.5. The molecular formula is C16H16BCl2O2P. The molecule has 0 spiro atoms. The van der Waals surface area contributed by atoms with Crippen molar-refractivity contribution in [3.63, 3.8) is 0 Å². The van der Waals surface area contributed by atoms with Gasteiger partial charge in [-0.2, -0.15) is 0 Å². The number of para-hydroxylation sites is 1. The van der Waals surface area contributed by atoms with Crippen LogP contribution in [-0.4, -0.2) is 27.1 Å². The zero-order valence-electron chi connectivity index (χ0n) is 12.3. The smallest absolute Gasteiger partial charge is 0.309 e. The number of benzene rings is 2. The number of rotatable bonds is 3. The van der Waals surface area contributed by atoms with Gasteiger partial charge in [0.1, 0.15) is 0 Å². The van der Waals surface area contributed by atoms with E-state index in [1.54, 1.807) is 42.5 Å². The predicted octanol–water partition coefficient (Wildman–Crippen LogP) is 4.73. The molecule has 2 aromatic carbocycles. The van der Waals surface area contributed by atoms with Crippen LogP contribution in [0.25, 0.3) is 0 Å². The predicted molar refractivity (Wildman–Crippen MR) is 97.2 cm³/mol. The fourth-order valence-electron chi connectivity index (χ4n) is 1.54.